The average Bonchev–Trinajstić information content (AvgIpc) is 2.06. The summed E-state index contributed by atoms with van der Waals surface area (Å²) < 4.78 is 0. The molecule has 0 aromatic heterocycles. The van der Waals surface area contributed by atoms with Crippen molar-refractivity contribution in [1.29, 1.82) is 0 Å². The molecule has 12 heavy (non-hydrogen) atoms. The number of hydrogen-bond donors (Lipinski definition) is 0. The van der Waals surface area contributed by atoms with Crippen molar-refractivity contribution in [2.24, 2.45) is 0 Å². The summed E-state index contributed by atoms with van der Waals surface area (Å²) in [6.07, 6.45) is 1.22. The predicted octanol–water partition coefficient (Wildman–Crippen LogP) is 2.79. The summed E-state index contributed by atoms with van der Waals surface area (Å²) in [6, 6.07) is 7.65. The van der Waals surface area contributed by atoms with Gasteiger partial charge in [0.2, 0.25) is 0 Å². The van der Waals surface area contributed by atoms with Crippen LogP contribution in [0.5, 0.6) is 0 Å². The van der Waals surface area contributed by atoms with Crippen LogP contribution >= 0.6 is 0 Å². The molecule has 1 aromatic carbocycles. The number of carbonyl (C=O) groups is 1. The van der Waals surface area contributed by atoms with Crippen LogP contribution < -0.4 is 0 Å². The molecule has 0 amide bonds. The normalized spacial score (nSPS) is 9.83. The number of Topliss-reactive ketones (excluding diaryl/α,β-unsaturated/α-hetero) is 1. The van der Waals surface area contributed by atoms with Gasteiger partial charge in [-0.05, 0) is 13.3 Å². The van der Waals surface area contributed by atoms with E-state index in [1.807, 2.05) is 31.2 Å². The highest BCUT2D eigenvalue weighted by molar-refractivity contribution is 5.96. The Hall–Kier alpha value is -1.11. The minimum atomic E-state index is 0.185. The molecule has 63 valence electrons. The molecule has 1 heteroatoms. The molecule has 0 aliphatic rings. The van der Waals surface area contributed by atoms with Crippen LogP contribution in [0.4, 0.5) is 0 Å². The van der Waals surface area contributed by atoms with Crippen LogP contribution in [-0.4, -0.2) is 5.78 Å². The highest BCUT2D eigenvalue weighted by Gasteiger charge is 2.02. The Morgan fingerprint density at radius 3 is 2.42 bits per heavy atom. The number of rotatable bonds is 3. The van der Waals surface area contributed by atoms with Gasteiger partial charge < -0.3 is 0 Å². The summed E-state index contributed by atoms with van der Waals surface area (Å²) in [5, 5.41) is 0. The Balaban J connectivity index is 2.75. The van der Waals surface area contributed by atoms with Crippen LogP contribution in [0.1, 0.15) is 28.8 Å². The van der Waals surface area contributed by atoms with Gasteiger partial charge in [-0.25, -0.2) is 0 Å². The van der Waals surface area contributed by atoms with E-state index in [1.165, 1.54) is 5.56 Å². The molecule has 1 radical (unpaired) electrons. The van der Waals surface area contributed by atoms with Gasteiger partial charge in [0.15, 0.2) is 5.78 Å². The van der Waals surface area contributed by atoms with Gasteiger partial charge in [-0.15, -0.1) is 0 Å². The third kappa shape index (κ3) is 2.19. The number of hydrogen-bond acceptors (Lipinski definition) is 1. The molecule has 0 aliphatic heterocycles. The van der Waals surface area contributed by atoms with E-state index in [2.05, 4.69) is 6.92 Å². The smallest absolute Gasteiger partial charge is 0.162 e. The third-order valence-corrected chi connectivity index (χ3v) is 1.78. The molecule has 1 rings (SSSR count). The first kappa shape index (κ1) is 8.98. The highest BCUT2D eigenvalue weighted by Crippen LogP contribution is 2.06. The second kappa shape index (κ2) is 4.05. The minimum absolute atomic E-state index is 0.185. The summed E-state index contributed by atoms with van der Waals surface area (Å²) in [6.45, 7) is 5.66. The van der Waals surface area contributed by atoms with E-state index in [4.69, 9.17) is 0 Å². The molecule has 0 saturated heterocycles. The Morgan fingerprint density at radius 1 is 1.33 bits per heavy atom. The molecule has 0 N–H and O–H groups in total. The molecule has 0 bridgehead atoms. The van der Waals surface area contributed by atoms with Crippen molar-refractivity contribution >= 4 is 5.78 Å². The number of benzene rings is 1. The lowest BCUT2D eigenvalue weighted by molar-refractivity contribution is 0.0983. The van der Waals surface area contributed by atoms with E-state index < -0.39 is 0 Å². The van der Waals surface area contributed by atoms with Crippen molar-refractivity contribution < 1.29 is 4.79 Å². The van der Waals surface area contributed by atoms with Crippen LogP contribution in [-0.2, 0) is 0 Å². The molecular weight excluding hydrogens is 148 g/mol. The van der Waals surface area contributed by atoms with Gasteiger partial charge in [-0.3, -0.25) is 4.79 Å². The summed E-state index contributed by atoms with van der Waals surface area (Å²) in [5.41, 5.74) is 1.98. The van der Waals surface area contributed by atoms with Crippen LogP contribution in [0, 0.1) is 13.8 Å². The van der Waals surface area contributed by atoms with Crippen molar-refractivity contribution in [2.45, 2.75) is 19.8 Å². The maximum absolute atomic E-state index is 11.3. The second-order valence-electron chi connectivity index (χ2n) is 2.89. The Morgan fingerprint density at radius 2 is 1.92 bits per heavy atom. The molecule has 0 atom stereocenters. The first-order chi connectivity index (χ1) is 5.74. The zero-order valence-electron chi connectivity index (χ0n) is 7.34. The molecule has 0 spiro atoms. The van der Waals surface area contributed by atoms with Crippen LogP contribution in [0.2, 0.25) is 0 Å². The average molecular weight is 161 g/mol. The van der Waals surface area contributed by atoms with Gasteiger partial charge >= 0.3 is 0 Å². The van der Waals surface area contributed by atoms with Gasteiger partial charge in [0.25, 0.3) is 0 Å². The fourth-order valence-corrected chi connectivity index (χ4v) is 1.04. The summed E-state index contributed by atoms with van der Waals surface area (Å²) in [5.74, 6) is 0.185. The zero-order chi connectivity index (χ0) is 8.97. The standard InChI is InChI=1S/C11H13O/c1-3-4-11(12)10-7-5-9(2)6-8-10/h5-8H,1,3-4H2,2H3. The summed E-state index contributed by atoms with van der Waals surface area (Å²) in [4.78, 5) is 11.3. The highest BCUT2D eigenvalue weighted by atomic mass is 16.1. The molecule has 0 fully saturated rings. The van der Waals surface area contributed by atoms with Crippen molar-refractivity contribution in [3.05, 3.63) is 42.3 Å². The lowest BCUT2D eigenvalue weighted by Gasteiger charge is -1.98. The Labute approximate surface area is 73.4 Å². The number of carbonyl (C=O) groups excluding carboxylic acids is 1. The zero-order valence-corrected chi connectivity index (χ0v) is 7.34. The first-order valence-electron chi connectivity index (χ1n) is 4.13. The van der Waals surface area contributed by atoms with Crippen molar-refractivity contribution in [3.63, 3.8) is 0 Å². The Bertz CT molecular complexity index is 259. The van der Waals surface area contributed by atoms with E-state index in [9.17, 15) is 4.79 Å². The quantitative estimate of drug-likeness (QED) is 0.623. The first-order valence-corrected chi connectivity index (χ1v) is 4.13. The molecule has 0 saturated carbocycles. The third-order valence-electron chi connectivity index (χ3n) is 1.78. The van der Waals surface area contributed by atoms with E-state index in [1.54, 1.807) is 0 Å². The molecule has 0 aliphatic carbocycles. The monoisotopic (exact) mass is 161 g/mol. The van der Waals surface area contributed by atoms with E-state index in [0.717, 1.165) is 5.56 Å². The van der Waals surface area contributed by atoms with Crippen molar-refractivity contribution in [2.75, 3.05) is 0 Å². The second-order valence-corrected chi connectivity index (χ2v) is 2.89. The molecule has 1 nitrogen and oxygen atoms in total. The van der Waals surface area contributed by atoms with Gasteiger partial charge in [-0.2, -0.15) is 0 Å². The fourth-order valence-electron chi connectivity index (χ4n) is 1.04. The van der Waals surface area contributed by atoms with Crippen LogP contribution in [0.3, 0.4) is 0 Å². The lowest BCUT2D eigenvalue weighted by atomic mass is 10.1. The molecule has 1 aromatic rings. The van der Waals surface area contributed by atoms with Crippen molar-refractivity contribution in [3.8, 4) is 0 Å². The molecule has 0 unspecified atom stereocenters. The molecule has 0 heterocycles. The SMILES string of the molecule is [CH2]CCC(=O)c1ccc(C)cc1. The molecular formula is C11H13O. The minimum Gasteiger partial charge on any atom is -0.294 e. The van der Waals surface area contributed by atoms with Crippen LogP contribution in [0.15, 0.2) is 24.3 Å². The maximum atomic E-state index is 11.3. The summed E-state index contributed by atoms with van der Waals surface area (Å²) in [7, 11) is 0. The number of aryl methyl sites for hydroxylation is 1. The van der Waals surface area contributed by atoms with E-state index in [0.29, 0.717) is 12.8 Å². The summed E-state index contributed by atoms with van der Waals surface area (Å²) >= 11 is 0. The van der Waals surface area contributed by atoms with Gasteiger partial charge in [0, 0.05) is 12.0 Å². The predicted molar refractivity (Wildman–Crippen MR) is 50.1 cm³/mol. The van der Waals surface area contributed by atoms with Gasteiger partial charge in [0.05, 0.1) is 0 Å². The van der Waals surface area contributed by atoms with Crippen LogP contribution in [0.25, 0.3) is 0 Å². The Kier molecular flexibility index (Phi) is 3.03. The van der Waals surface area contributed by atoms with Gasteiger partial charge in [0.1, 0.15) is 0 Å². The van der Waals surface area contributed by atoms with E-state index in [-0.39, 0.29) is 5.78 Å². The maximum Gasteiger partial charge on any atom is 0.162 e. The van der Waals surface area contributed by atoms with Gasteiger partial charge in [-0.1, -0.05) is 36.8 Å². The lowest BCUT2D eigenvalue weighted by Crippen LogP contribution is -1.97. The van der Waals surface area contributed by atoms with Crippen molar-refractivity contribution in [1.82, 2.24) is 0 Å². The van der Waals surface area contributed by atoms with E-state index >= 15 is 0 Å². The largest absolute Gasteiger partial charge is 0.294 e. The topological polar surface area (TPSA) is 17.1 Å². The fraction of sp³-hybridized carbons (Fsp3) is 0.273. The number of ketones is 1.